The van der Waals surface area contributed by atoms with E-state index >= 15 is 0 Å². The topological polar surface area (TPSA) is 84.2 Å². The summed E-state index contributed by atoms with van der Waals surface area (Å²) in [5, 5.41) is 5.59. The molecule has 0 aliphatic heterocycles. The van der Waals surface area contributed by atoms with Gasteiger partial charge in [0.25, 0.3) is 0 Å². The minimum Gasteiger partial charge on any atom is -0.327 e. The highest BCUT2D eigenvalue weighted by Crippen LogP contribution is 2.15. The number of rotatable bonds is 5. The smallest absolute Gasteiger partial charge is 0.228 e. The van der Waals surface area contributed by atoms with E-state index in [1.165, 1.54) is 0 Å². The van der Waals surface area contributed by atoms with Crippen molar-refractivity contribution in [3.05, 3.63) is 24.3 Å². The number of benzene rings is 1. The van der Waals surface area contributed by atoms with Crippen LogP contribution in [0.2, 0.25) is 0 Å². The summed E-state index contributed by atoms with van der Waals surface area (Å²) in [5.74, 6) is -0.470. The molecule has 0 aromatic heterocycles. The van der Waals surface area contributed by atoms with Gasteiger partial charge in [-0.25, -0.2) is 0 Å². The van der Waals surface area contributed by atoms with Crippen LogP contribution in [0.1, 0.15) is 27.7 Å². The van der Waals surface area contributed by atoms with E-state index in [9.17, 15) is 9.59 Å². The van der Waals surface area contributed by atoms with Crippen molar-refractivity contribution in [2.45, 2.75) is 33.7 Å². The largest absolute Gasteiger partial charge is 0.327 e. The summed E-state index contributed by atoms with van der Waals surface area (Å²) >= 11 is 0. The molecule has 6 heteroatoms. The maximum atomic E-state index is 11.8. The van der Waals surface area contributed by atoms with Crippen LogP contribution in [0.5, 0.6) is 0 Å². The Hall–Kier alpha value is -1.59. The van der Waals surface area contributed by atoms with E-state index in [-0.39, 0.29) is 42.1 Å². The molecule has 0 aliphatic rings. The van der Waals surface area contributed by atoms with Gasteiger partial charge in [-0.2, -0.15) is 0 Å². The molecule has 21 heavy (non-hydrogen) atoms. The molecule has 0 aliphatic carbocycles. The van der Waals surface area contributed by atoms with Crippen LogP contribution in [-0.4, -0.2) is 17.9 Å². The molecule has 2 unspecified atom stereocenters. The van der Waals surface area contributed by atoms with Crippen molar-refractivity contribution in [3.63, 3.8) is 0 Å². The Morgan fingerprint density at radius 3 is 1.62 bits per heavy atom. The first-order chi connectivity index (χ1) is 9.31. The Labute approximate surface area is 132 Å². The summed E-state index contributed by atoms with van der Waals surface area (Å²) in [6.45, 7) is 7.25. The zero-order chi connectivity index (χ0) is 15.3. The maximum Gasteiger partial charge on any atom is 0.228 e. The standard InChI is InChI=1S/C15H23N3O2.ClH/c1-9(2)14(19)17-12-5-7-13(8-6-12)18-15(20)10(3)11(4)16;/h5-11H,16H2,1-4H3,(H,17,19)(H,18,20);1H. The van der Waals surface area contributed by atoms with Gasteiger partial charge in [-0.1, -0.05) is 20.8 Å². The third-order valence-corrected chi connectivity index (χ3v) is 3.15. The zero-order valence-electron chi connectivity index (χ0n) is 12.8. The van der Waals surface area contributed by atoms with Gasteiger partial charge in [0.2, 0.25) is 11.8 Å². The number of carbonyl (C=O) groups is 2. The summed E-state index contributed by atoms with van der Waals surface area (Å²) in [7, 11) is 0. The zero-order valence-corrected chi connectivity index (χ0v) is 13.7. The molecule has 1 aromatic rings. The van der Waals surface area contributed by atoms with E-state index in [2.05, 4.69) is 10.6 Å². The summed E-state index contributed by atoms with van der Waals surface area (Å²) in [6.07, 6.45) is 0. The monoisotopic (exact) mass is 313 g/mol. The van der Waals surface area contributed by atoms with Crippen molar-refractivity contribution in [2.24, 2.45) is 17.6 Å². The summed E-state index contributed by atoms with van der Waals surface area (Å²) in [5.41, 5.74) is 7.08. The minimum absolute atomic E-state index is 0. The minimum atomic E-state index is -0.254. The van der Waals surface area contributed by atoms with Crippen LogP contribution < -0.4 is 16.4 Å². The number of hydrogen-bond acceptors (Lipinski definition) is 3. The fourth-order valence-electron chi connectivity index (χ4n) is 1.42. The number of hydrogen-bond donors (Lipinski definition) is 3. The van der Waals surface area contributed by atoms with Gasteiger partial charge >= 0.3 is 0 Å². The van der Waals surface area contributed by atoms with Crippen molar-refractivity contribution < 1.29 is 9.59 Å². The molecule has 0 heterocycles. The molecular weight excluding hydrogens is 290 g/mol. The van der Waals surface area contributed by atoms with Crippen LogP contribution in [0.4, 0.5) is 11.4 Å². The molecule has 0 saturated heterocycles. The summed E-state index contributed by atoms with van der Waals surface area (Å²) in [4.78, 5) is 23.4. The number of nitrogens with two attached hydrogens (primary N) is 1. The van der Waals surface area contributed by atoms with Crippen molar-refractivity contribution >= 4 is 35.6 Å². The third-order valence-electron chi connectivity index (χ3n) is 3.15. The third kappa shape index (κ3) is 6.14. The normalized spacial score (nSPS) is 13.0. The Bertz CT molecular complexity index is 472. The van der Waals surface area contributed by atoms with Crippen molar-refractivity contribution in [1.82, 2.24) is 0 Å². The van der Waals surface area contributed by atoms with Crippen LogP contribution in [0.3, 0.4) is 0 Å². The molecule has 2 amide bonds. The fraction of sp³-hybridized carbons (Fsp3) is 0.467. The van der Waals surface area contributed by atoms with Crippen LogP contribution in [0.25, 0.3) is 0 Å². The lowest BCUT2D eigenvalue weighted by Gasteiger charge is -2.15. The first kappa shape index (κ1) is 19.4. The van der Waals surface area contributed by atoms with Crippen LogP contribution in [0.15, 0.2) is 24.3 Å². The molecule has 0 fully saturated rings. The van der Waals surface area contributed by atoms with E-state index in [0.717, 1.165) is 0 Å². The van der Waals surface area contributed by atoms with E-state index in [4.69, 9.17) is 5.73 Å². The predicted octanol–water partition coefficient (Wildman–Crippen LogP) is 2.62. The Kier molecular flexibility index (Phi) is 7.99. The van der Waals surface area contributed by atoms with E-state index in [1.54, 1.807) is 38.1 Å². The molecule has 5 nitrogen and oxygen atoms in total. The van der Waals surface area contributed by atoms with Crippen molar-refractivity contribution in [2.75, 3.05) is 10.6 Å². The fourth-order valence-corrected chi connectivity index (χ4v) is 1.42. The van der Waals surface area contributed by atoms with Gasteiger partial charge in [0.1, 0.15) is 0 Å². The molecule has 0 bridgehead atoms. The second kappa shape index (κ2) is 8.64. The highest BCUT2D eigenvalue weighted by atomic mass is 35.5. The van der Waals surface area contributed by atoms with Crippen molar-refractivity contribution in [1.29, 1.82) is 0 Å². The number of anilines is 2. The lowest BCUT2D eigenvalue weighted by molar-refractivity contribution is -0.120. The summed E-state index contributed by atoms with van der Waals surface area (Å²) in [6, 6.07) is 6.82. The van der Waals surface area contributed by atoms with Gasteiger partial charge in [0.15, 0.2) is 0 Å². The van der Waals surface area contributed by atoms with Crippen molar-refractivity contribution in [3.8, 4) is 0 Å². The maximum absolute atomic E-state index is 11.8. The predicted molar refractivity (Wildman–Crippen MR) is 88.6 cm³/mol. The summed E-state index contributed by atoms with van der Waals surface area (Å²) < 4.78 is 0. The van der Waals surface area contributed by atoms with Gasteiger partial charge < -0.3 is 16.4 Å². The first-order valence-corrected chi connectivity index (χ1v) is 6.78. The average molecular weight is 314 g/mol. The van der Waals surface area contributed by atoms with Gasteiger partial charge in [0, 0.05) is 23.3 Å². The second-order valence-electron chi connectivity index (χ2n) is 5.36. The van der Waals surface area contributed by atoms with Crippen LogP contribution in [-0.2, 0) is 9.59 Å². The van der Waals surface area contributed by atoms with E-state index < -0.39 is 0 Å². The molecule has 1 rings (SSSR count). The second-order valence-corrected chi connectivity index (χ2v) is 5.36. The number of carbonyl (C=O) groups excluding carboxylic acids is 2. The molecule has 1 aromatic carbocycles. The molecule has 2 atom stereocenters. The molecule has 4 N–H and O–H groups in total. The Morgan fingerprint density at radius 2 is 1.29 bits per heavy atom. The SMILES string of the molecule is CC(C)C(=O)Nc1ccc(NC(=O)C(C)C(C)N)cc1.Cl. The molecule has 0 spiro atoms. The number of amides is 2. The molecule has 0 radical (unpaired) electrons. The van der Waals surface area contributed by atoms with Crippen LogP contribution >= 0.6 is 12.4 Å². The lowest BCUT2D eigenvalue weighted by atomic mass is 10.0. The lowest BCUT2D eigenvalue weighted by Crippen LogP contribution is -2.34. The molecule has 0 saturated carbocycles. The molecular formula is C15H24ClN3O2. The number of halogens is 1. The Balaban J connectivity index is 0.00000400. The Morgan fingerprint density at radius 1 is 0.905 bits per heavy atom. The highest BCUT2D eigenvalue weighted by molar-refractivity contribution is 5.94. The van der Waals surface area contributed by atoms with E-state index in [0.29, 0.717) is 11.4 Å². The molecule has 118 valence electrons. The van der Waals surface area contributed by atoms with Gasteiger partial charge in [-0.15, -0.1) is 12.4 Å². The first-order valence-electron chi connectivity index (χ1n) is 6.78. The van der Waals surface area contributed by atoms with Gasteiger partial charge in [-0.3, -0.25) is 9.59 Å². The van der Waals surface area contributed by atoms with E-state index in [1.807, 2.05) is 13.8 Å². The quantitative estimate of drug-likeness (QED) is 0.781. The van der Waals surface area contributed by atoms with Gasteiger partial charge in [-0.05, 0) is 31.2 Å². The average Bonchev–Trinajstić information content (AvgIpc) is 2.39. The number of nitrogens with one attached hydrogen (secondary N) is 2. The van der Waals surface area contributed by atoms with Crippen LogP contribution in [0, 0.1) is 11.8 Å². The van der Waals surface area contributed by atoms with Gasteiger partial charge in [0.05, 0.1) is 5.92 Å². The highest BCUT2D eigenvalue weighted by Gasteiger charge is 2.16.